The molecule has 0 bridgehead atoms. The predicted octanol–water partition coefficient (Wildman–Crippen LogP) is 4.11. The van der Waals surface area contributed by atoms with Gasteiger partial charge in [0.2, 0.25) is 0 Å². The van der Waals surface area contributed by atoms with Crippen LogP contribution in [-0.4, -0.2) is 12.4 Å². The van der Waals surface area contributed by atoms with Gasteiger partial charge in [0.1, 0.15) is 14.3 Å². The first-order valence-electron chi connectivity index (χ1n) is 5.26. The Morgan fingerprint density at radius 1 is 1.47 bits per heavy atom. The monoisotopic (exact) mass is 310 g/mol. The topological polar surface area (TPSA) is 55.4 Å². The fourth-order valence-corrected chi connectivity index (χ4v) is 7.36. The maximum atomic E-state index is 12.5. The molecule has 17 heavy (non-hydrogen) atoms. The third-order valence-corrected chi connectivity index (χ3v) is 12.1. The van der Waals surface area contributed by atoms with Crippen molar-refractivity contribution < 1.29 is 4.21 Å². The quantitative estimate of drug-likeness (QED) is 0.821. The summed E-state index contributed by atoms with van der Waals surface area (Å²) in [6.07, 6.45) is 0. The highest BCUT2D eigenvalue weighted by Crippen LogP contribution is 2.38. The molecule has 98 valence electrons. The summed E-state index contributed by atoms with van der Waals surface area (Å²) in [5.41, 5.74) is 0. The summed E-state index contributed by atoms with van der Waals surface area (Å²) < 4.78 is 17.5. The lowest BCUT2D eigenvalue weighted by atomic mass is 10.2. The maximum absolute atomic E-state index is 12.5. The third-order valence-electron chi connectivity index (χ3n) is 3.10. The minimum Gasteiger partial charge on any atom is -0.261 e. The van der Waals surface area contributed by atoms with E-state index in [2.05, 4.69) is 37.9 Å². The normalized spacial score (nSPS) is 16.6. The van der Waals surface area contributed by atoms with E-state index in [4.69, 9.17) is 16.7 Å². The molecule has 0 aliphatic heterocycles. The molecule has 0 radical (unpaired) electrons. The van der Waals surface area contributed by atoms with Crippen molar-refractivity contribution in [1.29, 1.82) is 0 Å². The van der Waals surface area contributed by atoms with E-state index in [9.17, 15) is 4.21 Å². The van der Waals surface area contributed by atoms with Crippen molar-refractivity contribution >= 4 is 41.1 Å². The zero-order valence-corrected chi connectivity index (χ0v) is 14.2. The van der Waals surface area contributed by atoms with Gasteiger partial charge in [-0.1, -0.05) is 32.4 Å². The number of thiophene rings is 1. The smallest absolute Gasteiger partial charge is 0.195 e. The molecule has 1 aromatic rings. The second-order valence-electron chi connectivity index (χ2n) is 5.53. The van der Waals surface area contributed by atoms with Gasteiger partial charge in [-0.2, -0.15) is 0 Å². The van der Waals surface area contributed by atoms with Crippen molar-refractivity contribution in [1.82, 2.24) is 0 Å². The van der Waals surface area contributed by atoms with Crippen LogP contribution in [-0.2, 0) is 9.92 Å². The van der Waals surface area contributed by atoms with E-state index in [0.717, 1.165) is 0 Å². The first-order valence-corrected chi connectivity index (χ1v) is 11.0. The molecule has 0 aliphatic carbocycles. The van der Waals surface area contributed by atoms with Crippen molar-refractivity contribution in [3.8, 4) is 0 Å². The molecule has 3 nitrogen and oxygen atoms in total. The van der Waals surface area contributed by atoms with Gasteiger partial charge in [0.25, 0.3) is 0 Å². The van der Waals surface area contributed by atoms with Crippen LogP contribution in [0, 0.1) is 0 Å². The van der Waals surface area contributed by atoms with Crippen molar-refractivity contribution in [3.63, 3.8) is 0 Å². The van der Waals surface area contributed by atoms with E-state index in [-0.39, 0.29) is 5.04 Å². The molecule has 0 fully saturated rings. The van der Waals surface area contributed by atoms with Crippen LogP contribution in [0.4, 0.5) is 0 Å². The highest BCUT2D eigenvalue weighted by molar-refractivity contribution is 7.92. The fourth-order valence-electron chi connectivity index (χ4n) is 1.02. The van der Waals surface area contributed by atoms with Gasteiger partial charge in [0.15, 0.2) is 8.24 Å². The predicted molar refractivity (Wildman–Crippen MR) is 79.5 cm³/mol. The molecule has 0 spiro atoms. The summed E-state index contributed by atoms with van der Waals surface area (Å²) in [4.78, 5) is 0.467. The molecule has 7 heteroatoms. The van der Waals surface area contributed by atoms with Gasteiger partial charge >= 0.3 is 0 Å². The Morgan fingerprint density at radius 2 is 2.00 bits per heavy atom. The number of hydrogen-bond donors (Lipinski definition) is 1. The van der Waals surface area contributed by atoms with Crippen LogP contribution in [0.15, 0.2) is 20.4 Å². The van der Waals surface area contributed by atoms with Gasteiger partial charge in [-0.05, 0) is 29.6 Å². The summed E-state index contributed by atoms with van der Waals surface area (Å²) >= 11 is 7.31. The van der Waals surface area contributed by atoms with Crippen LogP contribution in [0.2, 0.25) is 22.5 Å². The Hall–Kier alpha value is 0.117. The van der Waals surface area contributed by atoms with E-state index in [1.807, 2.05) is 0 Å². The van der Waals surface area contributed by atoms with Gasteiger partial charge < -0.3 is 0 Å². The Bertz CT molecular complexity index is 525. The molecule has 0 amide bonds. The van der Waals surface area contributed by atoms with Crippen molar-refractivity contribution in [2.24, 2.45) is 9.17 Å². The van der Waals surface area contributed by atoms with Crippen LogP contribution in [0.1, 0.15) is 20.8 Å². The maximum Gasteiger partial charge on any atom is 0.195 e. The van der Waals surface area contributed by atoms with Crippen molar-refractivity contribution in [3.05, 3.63) is 15.8 Å². The molecule has 1 aromatic heterocycles. The minimum atomic E-state index is -2.87. The van der Waals surface area contributed by atoms with E-state index >= 15 is 0 Å². The summed E-state index contributed by atoms with van der Waals surface area (Å²) in [5, 5.41) is 7.68. The number of rotatable bonds is 2. The van der Waals surface area contributed by atoms with Gasteiger partial charge in [0, 0.05) is 0 Å². The second kappa shape index (κ2) is 4.66. The van der Waals surface area contributed by atoms with Crippen LogP contribution in [0.5, 0.6) is 0 Å². The van der Waals surface area contributed by atoms with Gasteiger partial charge in [-0.25, -0.2) is 9.35 Å². The average molecular weight is 311 g/mol. The van der Waals surface area contributed by atoms with E-state index in [1.54, 1.807) is 11.4 Å². The molecular formula is C10H19ClN2OS2Si. The lowest BCUT2D eigenvalue weighted by Gasteiger charge is -2.32. The SMILES string of the molecule is CC(C)(C)[Si](C)(C)N=S(N)(=O)c1ccsc1Cl. The number of nitrogens with zero attached hydrogens (tertiary/aromatic N) is 1. The third kappa shape index (κ3) is 3.32. The molecule has 0 aliphatic rings. The number of nitrogens with two attached hydrogens (primary N) is 1. The van der Waals surface area contributed by atoms with Gasteiger partial charge in [0.05, 0.1) is 4.90 Å². The summed E-state index contributed by atoms with van der Waals surface area (Å²) in [5.74, 6) is 0. The molecule has 1 unspecified atom stereocenters. The Kier molecular flexibility index (Phi) is 4.16. The van der Waals surface area contributed by atoms with Crippen molar-refractivity contribution in [2.45, 2.75) is 43.8 Å². The summed E-state index contributed by atoms with van der Waals surface area (Å²) in [6.45, 7) is 10.5. The highest BCUT2D eigenvalue weighted by Gasteiger charge is 2.37. The zero-order chi connectivity index (χ0) is 13.5. The first-order chi connectivity index (χ1) is 7.47. The molecule has 0 aromatic carbocycles. The molecule has 2 N–H and O–H groups in total. The highest BCUT2D eigenvalue weighted by atomic mass is 35.5. The number of halogens is 1. The lowest BCUT2D eigenvalue weighted by molar-refractivity contribution is 0.676. The zero-order valence-electron chi connectivity index (χ0n) is 10.8. The van der Waals surface area contributed by atoms with Crippen LogP contribution in [0.25, 0.3) is 0 Å². The van der Waals surface area contributed by atoms with Gasteiger partial charge in [-0.15, -0.1) is 11.3 Å². The summed E-state index contributed by atoms with van der Waals surface area (Å²) in [7, 11) is -4.92. The number of hydrogen-bond acceptors (Lipinski definition) is 3. The summed E-state index contributed by atoms with van der Waals surface area (Å²) in [6, 6.07) is 1.70. The molecule has 0 saturated carbocycles. The Morgan fingerprint density at radius 3 is 2.35 bits per heavy atom. The van der Waals surface area contributed by atoms with E-state index < -0.39 is 18.2 Å². The average Bonchev–Trinajstić information content (AvgIpc) is 2.47. The van der Waals surface area contributed by atoms with Gasteiger partial charge in [-0.3, -0.25) is 4.03 Å². The Labute approximate surface area is 114 Å². The fraction of sp³-hybridized carbons (Fsp3) is 0.600. The molecule has 0 saturated heterocycles. The second-order valence-corrected chi connectivity index (χ2v) is 14.0. The van der Waals surface area contributed by atoms with E-state index in [1.165, 1.54) is 11.3 Å². The molecular weight excluding hydrogens is 292 g/mol. The molecule has 1 heterocycles. The van der Waals surface area contributed by atoms with Crippen molar-refractivity contribution in [2.75, 3.05) is 0 Å². The lowest BCUT2D eigenvalue weighted by Crippen LogP contribution is -2.37. The van der Waals surface area contributed by atoms with Crippen LogP contribution < -0.4 is 5.14 Å². The minimum absolute atomic E-state index is 0.0114. The van der Waals surface area contributed by atoms with Crippen LogP contribution in [0.3, 0.4) is 0 Å². The van der Waals surface area contributed by atoms with E-state index in [0.29, 0.717) is 9.23 Å². The molecule has 1 rings (SSSR count). The Balaban J connectivity index is 3.34. The standard InChI is InChI=1S/C10H19ClN2OS2Si/c1-10(2,3)17(4,5)13-16(12,14)8-6-7-15-9(8)11/h6-7H,1-5H3,(H2,12,13,14). The largest absolute Gasteiger partial charge is 0.261 e. The molecule has 1 atom stereocenters. The van der Waals surface area contributed by atoms with Crippen LogP contribution >= 0.6 is 22.9 Å². The first kappa shape index (κ1) is 15.2.